The van der Waals surface area contributed by atoms with Gasteiger partial charge in [0.2, 0.25) is 0 Å². The molecule has 1 aliphatic heterocycles. The van der Waals surface area contributed by atoms with Gasteiger partial charge in [-0.1, -0.05) is 0 Å². The van der Waals surface area contributed by atoms with E-state index < -0.39 is 10.8 Å². The Labute approximate surface area is 126 Å². The van der Waals surface area contributed by atoms with Gasteiger partial charge >= 0.3 is 0 Å². The lowest BCUT2D eigenvalue weighted by molar-refractivity contribution is 0.455. The Balaban J connectivity index is 2.11. The lowest BCUT2D eigenvalue weighted by Gasteiger charge is -2.25. The van der Waals surface area contributed by atoms with E-state index in [1.807, 2.05) is 26.1 Å². The fourth-order valence-corrected chi connectivity index (χ4v) is 4.21. The van der Waals surface area contributed by atoms with Gasteiger partial charge in [0.1, 0.15) is 11.3 Å². The molecule has 2 aromatic rings. The van der Waals surface area contributed by atoms with Crippen molar-refractivity contribution in [3.05, 3.63) is 23.7 Å². The summed E-state index contributed by atoms with van der Waals surface area (Å²) in [5.41, 5.74) is 2.90. The van der Waals surface area contributed by atoms with E-state index in [1.54, 1.807) is 0 Å². The Morgan fingerprint density at radius 1 is 1.45 bits per heavy atom. The number of pyridine rings is 1. The summed E-state index contributed by atoms with van der Waals surface area (Å²) in [5, 5.41) is -0.156. The molecule has 0 aliphatic carbocycles. The molecule has 0 bridgehead atoms. The zero-order valence-electron chi connectivity index (χ0n) is 11.7. The van der Waals surface area contributed by atoms with E-state index in [0.29, 0.717) is 6.04 Å². The molecule has 6 heteroatoms. The third-order valence-corrected chi connectivity index (χ3v) is 5.35. The highest BCUT2D eigenvalue weighted by Gasteiger charge is 2.26. The molecule has 1 fully saturated rings. The van der Waals surface area contributed by atoms with Gasteiger partial charge in [0, 0.05) is 34.5 Å². The van der Waals surface area contributed by atoms with Gasteiger partial charge in [-0.25, -0.2) is 9.97 Å². The second-order valence-electron chi connectivity index (χ2n) is 5.39. The van der Waals surface area contributed by atoms with Crippen molar-refractivity contribution >= 4 is 33.6 Å². The average Bonchev–Trinajstić information content (AvgIpc) is 2.78. The second-order valence-corrected chi connectivity index (χ2v) is 7.74. The number of alkyl halides is 1. The molecule has 4 nitrogen and oxygen atoms in total. The van der Waals surface area contributed by atoms with Crippen LogP contribution in [-0.4, -0.2) is 30.2 Å². The minimum Gasteiger partial charge on any atom is -0.308 e. The zero-order chi connectivity index (χ0) is 14.3. The number of hydrogen-bond donors (Lipinski definition) is 0. The number of halogens is 1. The van der Waals surface area contributed by atoms with Gasteiger partial charge in [0.05, 0.1) is 5.38 Å². The predicted molar refractivity (Wildman–Crippen MR) is 82.7 cm³/mol. The Morgan fingerprint density at radius 3 is 2.80 bits per heavy atom. The zero-order valence-corrected chi connectivity index (χ0v) is 13.2. The fourth-order valence-electron chi connectivity index (χ4n) is 2.78. The van der Waals surface area contributed by atoms with E-state index in [0.717, 1.165) is 46.9 Å². The van der Waals surface area contributed by atoms with Gasteiger partial charge in [-0.3, -0.25) is 4.21 Å². The first-order chi connectivity index (χ1) is 9.56. The van der Waals surface area contributed by atoms with Crippen molar-refractivity contribution in [3.63, 3.8) is 0 Å². The Bertz CT molecular complexity index is 658. The smallest absolute Gasteiger partial charge is 0.160 e. The highest BCUT2D eigenvalue weighted by molar-refractivity contribution is 7.85. The molecule has 0 N–H and O–H groups in total. The van der Waals surface area contributed by atoms with E-state index in [9.17, 15) is 4.21 Å². The van der Waals surface area contributed by atoms with Crippen LogP contribution in [0.15, 0.2) is 12.3 Å². The van der Waals surface area contributed by atoms with Gasteiger partial charge in [-0.05, 0) is 38.3 Å². The van der Waals surface area contributed by atoms with E-state index in [1.165, 1.54) is 0 Å². The first-order valence-corrected chi connectivity index (χ1v) is 8.82. The number of fused-ring (bicyclic) bond motifs is 1. The van der Waals surface area contributed by atoms with Crippen LogP contribution in [0.25, 0.3) is 11.2 Å². The summed E-state index contributed by atoms with van der Waals surface area (Å²) in [4.78, 5) is 9.20. The number of aryl methyl sites for hydroxylation is 1. The summed E-state index contributed by atoms with van der Waals surface area (Å²) in [6.07, 6.45) is 3.68. The summed E-state index contributed by atoms with van der Waals surface area (Å²) < 4.78 is 13.7. The summed E-state index contributed by atoms with van der Waals surface area (Å²) in [6, 6.07) is 2.35. The maximum Gasteiger partial charge on any atom is 0.160 e. The molecule has 108 valence electrons. The normalized spacial score (nSPS) is 24.9. The summed E-state index contributed by atoms with van der Waals surface area (Å²) >= 11 is 6.30. The molecule has 1 saturated heterocycles. The van der Waals surface area contributed by atoms with E-state index in [2.05, 4.69) is 14.5 Å². The molecular formula is C14H18ClN3OS. The second kappa shape index (κ2) is 5.45. The molecule has 1 atom stereocenters. The molecule has 0 radical (unpaired) electrons. The molecule has 0 spiro atoms. The molecule has 3 rings (SSSR count). The highest BCUT2D eigenvalue weighted by atomic mass is 35.5. The topological polar surface area (TPSA) is 47.8 Å². The predicted octanol–water partition coefficient (Wildman–Crippen LogP) is 3.12. The van der Waals surface area contributed by atoms with Crippen molar-refractivity contribution in [2.24, 2.45) is 0 Å². The van der Waals surface area contributed by atoms with Crippen LogP contribution in [0.5, 0.6) is 0 Å². The van der Waals surface area contributed by atoms with E-state index in [-0.39, 0.29) is 5.38 Å². The number of imidazole rings is 1. The summed E-state index contributed by atoms with van der Waals surface area (Å²) in [5.74, 6) is 2.39. The minimum atomic E-state index is -0.664. The Morgan fingerprint density at radius 2 is 2.15 bits per heavy atom. The summed E-state index contributed by atoms with van der Waals surface area (Å²) in [6.45, 7) is 3.95. The Hall–Kier alpha value is -0.940. The SMILES string of the molecule is Cc1cnc2c(c1)nc(C(C)Cl)n2C1CCS(=O)CC1. The first-order valence-electron chi connectivity index (χ1n) is 6.90. The molecule has 1 unspecified atom stereocenters. The molecule has 0 saturated carbocycles. The van der Waals surface area contributed by atoms with Crippen molar-refractivity contribution in [1.29, 1.82) is 0 Å². The molecule has 3 heterocycles. The van der Waals surface area contributed by atoms with Gasteiger partial charge < -0.3 is 4.57 Å². The van der Waals surface area contributed by atoms with Crippen molar-refractivity contribution in [2.75, 3.05) is 11.5 Å². The molecule has 0 aromatic carbocycles. The van der Waals surface area contributed by atoms with E-state index in [4.69, 9.17) is 11.6 Å². The van der Waals surface area contributed by atoms with E-state index >= 15 is 0 Å². The van der Waals surface area contributed by atoms with Crippen molar-refractivity contribution in [3.8, 4) is 0 Å². The maximum absolute atomic E-state index is 11.5. The van der Waals surface area contributed by atoms with Crippen molar-refractivity contribution in [2.45, 2.75) is 38.1 Å². The lowest BCUT2D eigenvalue weighted by Crippen LogP contribution is -2.23. The fraction of sp³-hybridized carbons (Fsp3) is 0.571. The quantitative estimate of drug-likeness (QED) is 0.801. The maximum atomic E-state index is 11.5. The Kier molecular flexibility index (Phi) is 3.82. The van der Waals surface area contributed by atoms with Crippen LogP contribution < -0.4 is 0 Å². The molecule has 1 aliphatic rings. The van der Waals surface area contributed by atoms with Crippen LogP contribution in [0.3, 0.4) is 0 Å². The number of nitrogens with zero attached hydrogens (tertiary/aromatic N) is 3. The standard InChI is InChI=1S/C14H18ClN3OS/c1-9-7-12-14(16-8-9)18(13(17-12)10(2)15)11-3-5-20(19)6-4-11/h7-8,10-11H,3-6H2,1-2H3. The number of hydrogen-bond acceptors (Lipinski definition) is 3. The van der Waals surface area contributed by atoms with Crippen LogP contribution >= 0.6 is 11.6 Å². The monoisotopic (exact) mass is 311 g/mol. The third-order valence-electron chi connectivity index (χ3n) is 3.77. The van der Waals surface area contributed by atoms with Crippen LogP contribution in [0.4, 0.5) is 0 Å². The molecular weight excluding hydrogens is 294 g/mol. The van der Waals surface area contributed by atoms with Gasteiger partial charge in [-0.2, -0.15) is 0 Å². The molecule has 0 amide bonds. The minimum absolute atomic E-state index is 0.156. The van der Waals surface area contributed by atoms with Crippen LogP contribution in [-0.2, 0) is 10.8 Å². The number of aromatic nitrogens is 3. The largest absolute Gasteiger partial charge is 0.308 e. The van der Waals surface area contributed by atoms with Crippen LogP contribution in [0, 0.1) is 6.92 Å². The first kappa shape index (κ1) is 14.0. The van der Waals surface area contributed by atoms with Crippen LogP contribution in [0.1, 0.15) is 42.6 Å². The average molecular weight is 312 g/mol. The lowest BCUT2D eigenvalue weighted by atomic mass is 10.1. The van der Waals surface area contributed by atoms with Gasteiger partial charge in [0.15, 0.2) is 5.65 Å². The third kappa shape index (κ3) is 2.49. The van der Waals surface area contributed by atoms with Crippen molar-refractivity contribution < 1.29 is 4.21 Å². The summed E-state index contributed by atoms with van der Waals surface area (Å²) in [7, 11) is -0.664. The van der Waals surface area contributed by atoms with Crippen LogP contribution in [0.2, 0.25) is 0 Å². The van der Waals surface area contributed by atoms with Gasteiger partial charge in [0.25, 0.3) is 0 Å². The highest BCUT2D eigenvalue weighted by Crippen LogP contribution is 2.32. The van der Waals surface area contributed by atoms with Gasteiger partial charge in [-0.15, -0.1) is 11.6 Å². The molecule has 2 aromatic heterocycles. The number of rotatable bonds is 2. The van der Waals surface area contributed by atoms with Crippen molar-refractivity contribution in [1.82, 2.24) is 14.5 Å². The molecule has 20 heavy (non-hydrogen) atoms.